The molecule has 3 rings (SSSR count). The van der Waals surface area contributed by atoms with Crippen molar-refractivity contribution in [2.75, 3.05) is 5.75 Å². The number of thiophene rings is 2. The van der Waals surface area contributed by atoms with Gasteiger partial charge in [0.25, 0.3) is 0 Å². The van der Waals surface area contributed by atoms with Crippen molar-refractivity contribution in [2.45, 2.75) is 24.6 Å². The Bertz CT molecular complexity index is 463. The maximum atomic E-state index is 6.31. The van der Waals surface area contributed by atoms with Crippen LogP contribution >= 0.6 is 34.4 Å². The normalized spacial score (nSPS) is 16.8. The highest BCUT2D eigenvalue weighted by Crippen LogP contribution is 2.34. The van der Waals surface area contributed by atoms with Crippen molar-refractivity contribution in [1.82, 2.24) is 0 Å². The first-order valence-corrected chi connectivity index (χ1v) is 8.70. The van der Waals surface area contributed by atoms with E-state index in [-0.39, 0.29) is 6.04 Å². The number of thioether (sulfide) groups is 1. The molecule has 1 nitrogen and oxygen atoms in total. The molecule has 0 spiro atoms. The lowest BCUT2D eigenvalue weighted by Crippen LogP contribution is -2.11. The van der Waals surface area contributed by atoms with Crippen LogP contribution in [0.3, 0.4) is 0 Å². The SMILES string of the molecule is NC(Cc1ccsc1)c1cc2c(s1)CCSC2. The molecule has 90 valence electrons. The molecule has 0 fully saturated rings. The molecule has 2 N–H and O–H groups in total. The zero-order chi connectivity index (χ0) is 11.7. The maximum Gasteiger partial charge on any atom is 0.0431 e. The Morgan fingerprint density at radius 3 is 3.12 bits per heavy atom. The van der Waals surface area contributed by atoms with Gasteiger partial charge >= 0.3 is 0 Å². The minimum absolute atomic E-state index is 0.171. The van der Waals surface area contributed by atoms with Crippen LogP contribution in [-0.2, 0) is 18.6 Å². The van der Waals surface area contributed by atoms with Gasteiger partial charge in [0, 0.05) is 21.5 Å². The molecule has 4 heteroatoms. The van der Waals surface area contributed by atoms with Crippen LogP contribution in [0.1, 0.15) is 26.9 Å². The van der Waals surface area contributed by atoms with Gasteiger partial charge in [0.1, 0.15) is 0 Å². The summed E-state index contributed by atoms with van der Waals surface area (Å²) in [5.74, 6) is 2.45. The fourth-order valence-corrected chi connectivity index (χ4v) is 5.18. The second-order valence-corrected chi connectivity index (χ2v) is 7.40. The number of nitrogens with two attached hydrogens (primary N) is 1. The molecule has 0 aromatic carbocycles. The third-order valence-corrected chi connectivity index (χ3v) is 6.16. The van der Waals surface area contributed by atoms with Gasteiger partial charge in [-0.05, 0) is 52.6 Å². The van der Waals surface area contributed by atoms with Crippen molar-refractivity contribution in [3.05, 3.63) is 43.8 Å². The predicted molar refractivity (Wildman–Crippen MR) is 79.1 cm³/mol. The zero-order valence-corrected chi connectivity index (χ0v) is 12.0. The number of rotatable bonds is 3. The average Bonchev–Trinajstić information content (AvgIpc) is 2.96. The van der Waals surface area contributed by atoms with E-state index < -0.39 is 0 Å². The largest absolute Gasteiger partial charge is 0.323 e. The number of aryl methyl sites for hydroxylation is 1. The van der Waals surface area contributed by atoms with Crippen LogP contribution in [0, 0.1) is 0 Å². The molecule has 0 saturated carbocycles. The van der Waals surface area contributed by atoms with Gasteiger partial charge in [-0.15, -0.1) is 11.3 Å². The Morgan fingerprint density at radius 2 is 2.35 bits per heavy atom. The molecule has 0 bridgehead atoms. The summed E-state index contributed by atoms with van der Waals surface area (Å²) in [6, 6.07) is 4.68. The van der Waals surface area contributed by atoms with Gasteiger partial charge in [-0.2, -0.15) is 23.1 Å². The van der Waals surface area contributed by atoms with Crippen molar-refractivity contribution in [3.8, 4) is 0 Å². The fraction of sp³-hybridized carbons (Fsp3) is 0.385. The molecule has 0 amide bonds. The predicted octanol–water partition coefficient (Wildman–Crippen LogP) is 3.84. The molecule has 3 heterocycles. The van der Waals surface area contributed by atoms with Crippen LogP contribution in [-0.4, -0.2) is 5.75 Å². The highest BCUT2D eigenvalue weighted by Gasteiger charge is 2.17. The Balaban J connectivity index is 1.77. The van der Waals surface area contributed by atoms with E-state index in [1.165, 1.54) is 33.9 Å². The van der Waals surface area contributed by atoms with E-state index in [2.05, 4.69) is 22.9 Å². The Hall–Kier alpha value is -0.290. The summed E-state index contributed by atoms with van der Waals surface area (Å²) in [5.41, 5.74) is 9.20. The van der Waals surface area contributed by atoms with Gasteiger partial charge < -0.3 is 5.73 Å². The first-order valence-electron chi connectivity index (χ1n) is 5.79. The topological polar surface area (TPSA) is 26.0 Å². The third kappa shape index (κ3) is 2.60. The maximum absolute atomic E-state index is 6.31. The minimum Gasteiger partial charge on any atom is -0.323 e. The Labute approximate surface area is 114 Å². The van der Waals surface area contributed by atoms with Crippen LogP contribution in [0.25, 0.3) is 0 Å². The van der Waals surface area contributed by atoms with Crippen molar-refractivity contribution in [3.63, 3.8) is 0 Å². The van der Waals surface area contributed by atoms with E-state index in [1.807, 2.05) is 23.1 Å². The zero-order valence-electron chi connectivity index (χ0n) is 9.52. The number of hydrogen-bond donors (Lipinski definition) is 1. The van der Waals surface area contributed by atoms with Crippen LogP contribution in [0.15, 0.2) is 22.9 Å². The summed E-state index contributed by atoms with van der Waals surface area (Å²) in [6.07, 6.45) is 2.20. The monoisotopic (exact) mass is 281 g/mol. The van der Waals surface area contributed by atoms with E-state index in [0.717, 1.165) is 6.42 Å². The van der Waals surface area contributed by atoms with Crippen LogP contribution in [0.2, 0.25) is 0 Å². The lowest BCUT2D eigenvalue weighted by Gasteiger charge is -2.08. The second kappa shape index (κ2) is 5.14. The second-order valence-electron chi connectivity index (χ2n) is 4.34. The van der Waals surface area contributed by atoms with E-state index >= 15 is 0 Å². The third-order valence-electron chi connectivity index (χ3n) is 3.05. The van der Waals surface area contributed by atoms with Crippen molar-refractivity contribution in [1.29, 1.82) is 0 Å². The molecule has 2 aromatic rings. The van der Waals surface area contributed by atoms with Gasteiger partial charge in [0.2, 0.25) is 0 Å². The van der Waals surface area contributed by atoms with Gasteiger partial charge in [-0.3, -0.25) is 0 Å². The summed E-state index contributed by atoms with van der Waals surface area (Å²) in [7, 11) is 0. The molecule has 17 heavy (non-hydrogen) atoms. The van der Waals surface area contributed by atoms with Crippen LogP contribution in [0.4, 0.5) is 0 Å². The Kier molecular flexibility index (Phi) is 3.56. The molecule has 1 atom stereocenters. The highest BCUT2D eigenvalue weighted by molar-refractivity contribution is 7.98. The molecular weight excluding hydrogens is 266 g/mol. The van der Waals surface area contributed by atoms with Crippen molar-refractivity contribution in [2.24, 2.45) is 5.73 Å². The summed E-state index contributed by atoms with van der Waals surface area (Å²) < 4.78 is 0. The molecular formula is C13H15NS3. The number of fused-ring (bicyclic) bond motifs is 1. The standard InChI is InChI=1S/C13H15NS3/c14-11(5-9-1-3-15-7-9)13-6-10-8-16-4-2-12(10)17-13/h1,3,6-7,11H,2,4-5,8,14H2. The molecule has 1 aliphatic rings. The highest BCUT2D eigenvalue weighted by atomic mass is 32.2. The lowest BCUT2D eigenvalue weighted by molar-refractivity contribution is 0.738. The number of hydrogen-bond acceptors (Lipinski definition) is 4. The van der Waals surface area contributed by atoms with E-state index in [1.54, 1.807) is 16.2 Å². The van der Waals surface area contributed by atoms with E-state index in [0.29, 0.717) is 0 Å². The molecule has 0 saturated heterocycles. The lowest BCUT2D eigenvalue weighted by atomic mass is 10.1. The van der Waals surface area contributed by atoms with E-state index in [4.69, 9.17) is 5.73 Å². The van der Waals surface area contributed by atoms with E-state index in [9.17, 15) is 0 Å². The smallest absolute Gasteiger partial charge is 0.0431 e. The average molecular weight is 281 g/mol. The van der Waals surface area contributed by atoms with Crippen LogP contribution < -0.4 is 5.73 Å². The summed E-state index contributed by atoms with van der Waals surface area (Å²) in [5, 5.41) is 4.32. The van der Waals surface area contributed by atoms with Gasteiger partial charge in [0.15, 0.2) is 0 Å². The van der Waals surface area contributed by atoms with Crippen molar-refractivity contribution >= 4 is 34.4 Å². The molecule has 0 radical (unpaired) electrons. The first kappa shape index (κ1) is 11.8. The van der Waals surface area contributed by atoms with Gasteiger partial charge in [-0.1, -0.05) is 0 Å². The summed E-state index contributed by atoms with van der Waals surface area (Å²) in [6.45, 7) is 0. The summed E-state index contributed by atoms with van der Waals surface area (Å²) in [4.78, 5) is 2.93. The fourth-order valence-electron chi connectivity index (χ4n) is 2.12. The molecule has 1 unspecified atom stereocenters. The van der Waals surface area contributed by atoms with Gasteiger partial charge in [-0.25, -0.2) is 0 Å². The molecule has 2 aromatic heterocycles. The Morgan fingerprint density at radius 1 is 1.41 bits per heavy atom. The van der Waals surface area contributed by atoms with Crippen LogP contribution in [0.5, 0.6) is 0 Å². The van der Waals surface area contributed by atoms with Crippen molar-refractivity contribution < 1.29 is 0 Å². The first-order chi connectivity index (χ1) is 8.33. The molecule has 0 aliphatic carbocycles. The molecule has 1 aliphatic heterocycles. The minimum atomic E-state index is 0.171. The van der Waals surface area contributed by atoms with Gasteiger partial charge in [0.05, 0.1) is 0 Å². The quantitative estimate of drug-likeness (QED) is 0.925. The summed E-state index contributed by atoms with van der Waals surface area (Å²) >= 11 is 5.71.